The van der Waals surface area contributed by atoms with Crippen LogP contribution in [-0.4, -0.2) is 21.4 Å². The SMILES string of the molecule is CC(O)Cc1ccc(O)c(F)c1O. The molecule has 0 aliphatic heterocycles. The average molecular weight is 186 g/mol. The summed E-state index contributed by atoms with van der Waals surface area (Å²) in [5.41, 5.74) is 0.283. The zero-order valence-corrected chi connectivity index (χ0v) is 7.16. The second kappa shape index (κ2) is 3.62. The highest BCUT2D eigenvalue weighted by Gasteiger charge is 2.12. The summed E-state index contributed by atoms with van der Waals surface area (Å²) in [6.07, 6.45) is -0.502. The van der Waals surface area contributed by atoms with Gasteiger partial charge in [0.1, 0.15) is 0 Å². The number of phenolic OH excluding ortho intramolecular Hbond substituents is 2. The highest BCUT2D eigenvalue weighted by molar-refractivity contribution is 5.41. The van der Waals surface area contributed by atoms with Crippen molar-refractivity contribution < 1.29 is 19.7 Å². The Kier molecular flexibility index (Phi) is 2.72. The first kappa shape index (κ1) is 9.80. The quantitative estimate of drug-likeness (QED) is 0.649. The van der Waals surface area contributed by atoms with Gasteiger partial charge < -0.3 is 15.3 Å². The van der Waals surface area contributed by atoms with E-state index in [2.05, 4.69) is 0 Å². The predicted molar refractivity (Wildman–Crippen MR) is 45.1 cm³/mol. The van der Waals surface area contributed by atoms with Crippen LogP contribution in [0.5, 0.6) is 11.5 Å². The number of hydrogen-bond donors (Lipinski definition) is 3. The van der Waals surface area contributed by atoms with E-state index in [9.17, 15) is 9.50 Å². The van der Waals surface area contributed by atoms with Crippen LogP contribution in [0.1, 0.15) is 12.5 Å². The third kappa shape index (κ3) is 2.09. The molecule has 1 rings (SSSR count). The lowest BCUT2D eigenvalue weighted by Gasteiger charge is -2.07. The lowest BCUT2D eigenvalue weighted by molar-refractivity contribution is 0.194. The monoisotopic (exact) mass is 186 g/mol. The predicted octanol–water partition coefficient (Wildman–Crippen LogP) is 1.16. The minimum Gasteiger partial charge on any atom is -0.505 e. The first-order valence-electron chi connectivity index (χ1n) is 3.89. The maximum absolute atomic E-state index is 12.9. The number of benzene rings is 1. The highest BCUT2D eigenvalue weighted by Crippen LogP contribution is 2.29. The van der Waals surface area contributed by atoms with Crippen molar-refractivity contribution in [3.05, 3.63) is 23.5 Å². The van der Waals surface area contributed by atoms with Gasteiger partial charge >= 0.3 is 0 Å². The van der Waals surface area contributed by atoms with Crippen LogP contribution in [-0.2, 0) is 6.42 Å². The zero-order chi connectivity index (χ0) is 10.0. The topological polar surface area (TPSA) is 60.7 Å². The van der Waals surface area contributed by atoms with Crippen molar-refractivity contribution in [2.75, 3.05) is 0 Å². The van der Waals surface area contributed by atoms with Crippen LogP contribution in [0.3, 0.4) is 0 Å². The van der Waals surface area contributed by atoms with Gasteiger partial charge in [-0.05, 0) is 18.6 Å². The van der Waals surface area contributed by atoms with E-state index in [1.165, 1.54) is 13.0 Å². The molecular formula is C9H11FO3. The molecule has 0 amide bonds. The Morgan fingerprint density at radius 1 is 1.38 bits per heavy atom. The standard InChI is InChI=1S/C9H11FO3/c1-5(11)4-6-2-3-7(12)8(10)9(6)13/h2-3,5,11-13H,4H2,1H3. The Balaban J connectivity index is 3.04. The number of aromatic hydroxyl groups is 2. The van der Waals surface area contributed by atoms with E-state index in [-0.39, 0.29) is 12.0 Å². The molecule has 4 heteroatoms. The minimum absolute atomic E-state index is 0.156. The normalized spacial score (nSPS) is 12.8. The van der Waals surface area contributed by atoms with Crippen molar-refractivity contribution >= 4 is 0 Å². The Labute approximate surface area is 75.1 Å². The van der Waals surface area contributed by atoms with Crippen molar-refractivity contribution in [1.82, 2.24) is 0 Å². The van der Waals surface area contributed by atoms with Crippen LogP contribution in [0.15, 0.2) is 12.1 Å². The van der Waals surface area contributed by atoms with E-state index in [0.717, 1.165) is 6.07 Å². The third-order valence-electron chi connectivity index (χ3n) is 1.69. The Morgan fingerprint density at radius 2 is 2.00 bits per heavy atom. The maximum atomic E-state index is 12.9. The lowest BCUT2D eigenvalue weighted by atomic mass is 10.1. The summed E-state index contributed by atoms with van der Waals surface area (Å²) in [6, 6.07) is 2.52. The second-order valence-corrected chi connectivity index (χ2v) is 2.96. The lowest BCUT2D eigenvalue weighted by Crippen LogP contribution is -2.04. The fraction of sp³-hybridized carbons (Fsp3) is 0.333. The van der Waals surface area contributed by atoms with Gasteiger partial charge in [-0.25, -0.2) is 0 Å². The first-order valence-corrected chi connectivity index (χ1v) is 3.89. The molecule has 13 heavy (non-hydrogen) atoms. The second-order valence-electron chi connectivity index (χ2n) is 2.96. The van der Waals surface area contributed by atoms with Crippen LogP contribution in [0, 0.1) is 5.82 Å². The number of halogens is 1. The molecule has 0 aliphatic carbocycles. The Morgan fingerprint density at radius 3 is 2.54 bits per heavy atom. The molecule has 1 atom stereocenters. The van der Waals surface area contributed by atoms with Crippen molar-refractivity contribution in [2.45, 2.75) is 19.4 Å². The van der Waals surface area contributed by atoms with Crippen molar-refractivity contribution in [3.63, 3.8) is 0 Å². The summed E-state index contributed by atoms with van der Waals surface area (Å²) in [7, 11) is 0. The summed E-state index contributed by atoms with van der Waals surface area (Å²) in [6.45, 7) is 1.53. The van der Waals surface area contributed by atoms with Gasteiger partial charge in [-0.3, -0.25) is 0 Å². The van der Waals surface area contributed by atoms with Gasteiger partial charge in [-0.1, -0.05) is 6.07 Å². The molecule has 3 N–H and O–H groups in total. The number of aliphatic hydroxyl groups excluding tert-OH is 1. The molecule has 0 aromatic heterocycles. The molecule has 0 aliphatic rings. The van der Waals surface area contributed by atoms with E-state index in [0.29, 0.717) is 0 Å². The molecule has 0 bridgehead atoms. The number of rotatable bonds is 2. The molecule has 0 spiro atoms. The van der Waals surface area contributed by atoms with E-state index < -0.39 is 23.4 Å². The number of phenols is 2. The van der Waals surface area contributed by atoms with Crippen LogP contribution < -0.4 is 0 Å². The number of hydrogen-bond acceptors (Lipinski definition) is 3. The van der Waals surface area contributed by atoms with Gasteiger partial charge in [0, 0.05) is 6.42 Å². The van der Waals surface area contributed by atoms with E-state index in [1.54, 1.807) is 0 Å². The zero-order valence-electron chi connectivity index (χ0n) is 7.16. The molecule has 1 unspecified atom stereocenters. The van der Waals surface area contributed by atoms with E-state index >= 15 is 0 Å². The maximum Gasteiger partial charge on any atom is 0.206 e. The van der Waals surface area contributed by atoms with Crippen molar-refractivity contribution in [2.24, 2.45) is 0 Å². The summed E-state index contributed by atoms with van der Waals surface area (Å²) in [5.74, 6) is -2.23. The van der Waals surface area contributed by atoms with Crippen LogP contribution in [0.4, 0.5) is 4.39 Å². The molecule has 3 nitrogen and oxygen atoms in total. The van der Waals surface area contributed by atoms with Gasteiger partial charge in [0.05, 0.1) is 6.10 Å². The highest BCUT2D eigenvalue weighted by atomic mass is 19.1. The van der Waals surface area contributed by atoms with Gasteiger partial charge in [0.2, 0.25) is 5.82 Å². The summed E-state index contributed by atoms with van der Waals surface area (Å²) < 4.78 is 12.9. The number of aliphatic hydroxyl groups is 1. The van der Waals surface area contributed by atoms with E-state index in [4.69, 9.17) is 10.2 Å². The van der Waals surface area contributed by atoms with E-state index in [1.807, 2.05) is 0 Å². The summed E-state index contributed by atoms with van der Waals surface area (Å²) in [4.78, 5) is 0. The molecule has 0 saturated heterocycles. The van der Waals surface area contributed by atoms with Gasteiger partial charge in [0.25, 0.3) is 0 Å². The molecule has 0 fully saturated rings. The molecule has 0 heterocycles. The van der Waals surface area contributed by atoms with Crippen LogP contribution in [0.2, 0.25) is 0 Å². The van der Waals surface area contributed by atoms with Crippen LogP contribution >= 0.6 is 0 Å². The fourth-order valence-corrected chi connectivity index (χ4v) is 1.08. The summed E-state index contributed by atoms with van der Waals surface area (Å²) >= 11 is 0. The smallest absolute Gasteiger partial charge is 0.206 e. The van der Waals surface area contributed by atoms with Crippen molar-refractivity contribution in [3.8, 4) is 11.5 Å². The van der Waals surface area contributed by atoms with Gasteiger partial charge in [-0.2, -0.15) is 4.39 Å². The van der Waals surface area contributed by atoms with Crippen molar-refractivity contribution in [1.29, 1.82) is 0 Å². The molecule has 72 valence electrons. The minimum atomic E-state index is -1.04. The van der Waals surface area contributed by atoms with Gasteiger partial charge in [-0.15, -0.1) is 0 Å². The average Bonchev–Trinajstić information content (AvgIpc) is 2.06. The fourth-order valence-electron chi connectivity index (χ4n) is 1.08. The summed E-state index contributed by atoms with van der Waals surface area (Å²) in [5, 5.41) is 27.0. The molecule has 0 saturated carbocycles. The molecule has 1 aromatic rings. The Hall–Kier alpha value is -1.29. The molecular weight excluding hydrogens is 175 g/mol. The van der Waals surface area contributed by atoms with Crippen LogP contribution in [0.25, 0.3) is 0 Å². The first-order chi connectivity index (χ1) is 6.02. The van der Waals surface area contributed by atoms with Gasteiger partial charge in [0.15, 0.2) is 11.5 Å². The molecule has 0 radical (unpaired) electrons. The third-order valence-corrected chi connectivity index (χ3v) is 1.69. The largest absolute Gasteiger partial charge is 0.505 e. The molecule has 1 aromatic carbocycles. The Bertz CT molecular complexity index is 310.